The minimum absolute atomic E-state index is 0.361. The normalized spacial score (nSPS) is 37.9. The fourth-order valence-electron chi connectivity index (χ4n) is 1.60. The summed E-state index contributed by atoms with van der Waals surface area (Å²) >= 11 is 2.10. The molecule has 0 aromatic carbocycles. The Bertz CT molecular complexity index is 106. The molecule has 66 valence electrons. The second-order valence-electron chi connectivity index (χ2n) is 3.54. The minimum Gasteiger partial charge on any atom is -0.396 e. The van der Waals surface area contributed by atoms with E-state index >= 15 is 0 Å². The minimum atomic E-state index is 0.361. The number of hydrogen-bond acceptors (Lipinski definition) is 2. The number of thioether (sulfide) groups is 1. The Kier molecular flexibility index (Phi) is 3.73. The molecule has 0 aromatic rings. The van der Waals surface area contributed by atoms with Crippen molar-refractivity contribution in [3.63, 3.8) is 0 Å². The zero-order valence-corrected chi connectivity index (χ0v) is 8.23. The molecule has 0 bridgehead atoms. The molecule has 0 aromatic heterocycles. The smallest absolute Gasteiger partial charge is 0.0431 e. The summed E-state index contributed by atoms with van der Waals surface area (Å²) in [6, 6.07) is 0. The van der Waals surface area contributed by atoms with Crippen LogP contribution in [-0.2, 0) is 0 Å². The quantitative estimate of drug-likeness (QED) is 0.708. The van der Waals surface area contributed by atoms with E-state index in [0.717, 1.165) is 22.8 Å². The lowest BCUT2D eigenvalue weighted by Gasteiger charge is -2.06. The molecule has 2 heteroatoms. The number of hydrogen-bond donors (Lipinski definition) is 1. The first-order chi connectivity index (χ1) is 5.24. The van der Waals surface area contributed by atoms with Gasteiger partial charge in [0.1, 0.15) is 0 Å². The molecule has 1 saturated heterocycles. The van der Waals surface area contributed by atoms with Crippen molar-refractivity contribution in [2.45, 2.75) is 43.6 Å². The summed E-state index contributed by atoms with van der Waals surface area (Å²) in [7, 11) is 0. The highest BCUT2D eigenvalue weighted by molar-refractivity contribution is 8.00. The van der Waals surface area contributed by atoms with E-state index in [0.29, 0.717) is 6.61 Å². The maximum absolute atomic E-state index is 8.65. The van der Waals surface area contributed by atoms with Crippen LogP contribution in [0.2, 0.25) is 0 Å². The summed E-state index contributed by atoms with van der Waals surface area (Å²) in [5.74, 6) is 0.878. The average molecular weight is 174 g/mol. The lowest BCUT2D eigenvalue weighted by Crippen LogP contribution is -2.01. The van der Waals surface area contributed by atoms with Crippen molar-refractivity contribution < 1.29 is 5.11 Å². The maximum atomic E-state index is 8.65. The molecular formula is C9H18OS. The fourth-order valence-corrected chi connectivity index (χ4v) is 3.31. The van der Waals surface area contributed by atoms with E-state index in [-0.39, 0.29) is 0 Å². The van der Waals surface area contributed by atoms with E-state index in [1.807, 2.05) is 0 Å². The van der Waals surface area contributed by atoms with E-state index in [2.05, 4.69) is 25.6 Å². The Morgan fingerprint density at radius 3 is 2.64 bits per heavy atom. The van der Waals surface area contributed by atoms with Crippen LogP contribution in [-0.4, -0.2) is 22.2 Å². The Morgan fingerprint density at radius 1 is 1.45 bits per heavy atom. The lowest BCUT2D eigenvalue weighted by molar-refractivity contribution is 0.283. The second-order valence-corrected chi connectivity index (χ2v) is 5.22. The van der Waals surface area contributed by atoms with Crippen molar-refractivity contribution in [1.82, 2.24) is 0 Å². The molecule has 1 nitrogen and oxygen atoms in total. The van der Waals surface area contributed by atoms with Crippen LogP contribution in [0.15, 0.2) is 0 Å². The summed E-state index contributed by atoms with van der Waals surface area (Å²) in [5.41, 5.74) is 0. The van der Waals surface area contributed by atoms with E-state index in [9.17, 15) is 0 Å². The first-order valence-electron chi connectivity index (χ1n) is 4.50. The predicted molar refractivity (Wildman–Crippen MR) is 50.9 cm³/mol. The number of rotatable bonds is 3. The summed E-state index contributed by atoms with van der Waals surface area (Å²) in [6.07, 6.45) is 3.54. The molecule has 0 aliphatic carbocycles. The first-order valence-corrected chi connectivity index (χ1v) is 5.44. The van der Waals surface area contributed by atoms with Crippen LogP contribution in [0.4, 0.5) is 0 Å². The molecule has 3 unspecified atom stereocenters. The summed E-state index contributed by atoms with van der Waals surface area (Å²) in [6.45, 7) is 5.00. The monoisotopic (exact) mass is 174 g/mol. The molecule has 0 radical (unpaired) electrons. The van der Waals surface area contributed by atoms with Gasteiger partial charge in [0.15, 0.2) is 0 Å². The van der Waals surface area contributed by atoms with Gasteiger partial charge >= 0.3 is 0 Å². The third-order valence-corrected chi connectivity index (χ3v) is 4.23. The highest BCUT2D eigenvalue weighted by Gasteiger charge is 2.27. The summed E-state index contributed by atoms with van der Waals surface area (Å²) in [4.78, 5) is 0. The molecule has 11 heavy (non-hydrogen) atoms. The van der Waals surface area contributed by atoms with Crippen LogP contribution >= 0.6 is 11.8 Å². The molecule has 1 N–H and O–H groups in total. The molecule has 1 fully saturated rings. The molecule has 1 heterocycles. The van der Waals surface area contributed by atoms with Crippen molar-refractivity contribution in [2.24, 2.45) is 5.92 Å². The van der Waals surface area contributed by atoms with Gasteiger partial charge < -0.3 is 5.11 Å². The topological polar surface area (TPSA) is 20.2 Å². The van der Waals surface area contributed by atoms with E-state index in [1.165, 1.54) is 12.8 Å². The van der Waals surface area contributed by atoms with Gasteiger partial charge in [0.2, 0.25) is 0 Å². The van der Waals surface area contributed by atoms with Gasteiger partial charge in [-0.2, -0.15) is 11.8 Å². The highest BCUT2D eigenvalue weighted by Crippen LogP contribution is 2.39. The first kappa shape index (κ1) is 9.40. The molecule has 0 saturated carbocycles. The van der Waals surface area contributed by atoms with Gasteiger partial charge in [-0.05, 0) is 25.2 Å². The van der Waals surface area contributed by atoms with Gasteiger partial charge in [0.25, 0.3) is 0 Å². The van der Waals surface area contributed by atoms with E-state index in [4.69, 9.17) is 5.11 Å². The molecule has 1 aliphatic heterocycles. The van der Waals surface area contributed by atoms with Crippen molar-refractivity contribution in [2.75, 3.05) is 6.61 Å². The summed E-state index contributed by atoms with van der Waals surface area (Å²) < 4.78 is 0. The zero-order valence-electron chi connectivity index (χ0n) is 7.42. The average Bonchev–Trinajstić information content (AvgIpc) is 2.28. The largest absolute Gasteiger partial charge is 0.396 e. The Hall–Kier alpha value is 0.310. The maximum Gasteiger partial charge on any atom is 0.0431 e. The third-order valence-electron chi connectivity index (χ3n) is 2.53. The van der Waals surface area contributed by atoms with Crippen LogP contribution in [0, 0.1) is 5.92 Å². The molecular weight excluding hydrogens is 156 g/mol. The third kappa shape index (κ3) is 2.68. The van der Waals surface area contributed by atoms with Crippen molar-refractivity contribution >= 4 is 11.8 Å². The Balaban J connectivity index is 2.18. The van der Waals surface area contributed by atoms with Crippen LogP contribution < -0.4 is 0 Å². The fraction of sp³-hybridized carbons (Fsp3) is 1.00. The standard InChI is InChI=1S/C9H18OS/c1-7-6-9(4-3-5-10)11-8(7)2/h7-10H,3-6H2,1-2H3. The van der Waals surface area contributed by atoms with Crippen molar-refractivity contribution in [3.05, 3.63) is 0 Å². The molecule has 0 amide bonds. The van der Waals surface area contributed by atoms with Gasteiger partial charge in [-0.1, -0.05) is 13.8 Å². The highest BCUT2D eigenvalue weighted by atomic mass is 32.2. The zero-order chi connectivity index (χ0) is 8.27. The predicted octanol–water partition coefficient (Wildman–Crippen LogP) is 2.29. The number of aliphatic hydroxyl groups is 1. The van der Waals surface area contributed by atoms with E-state index in [1.54, 1.807) is 0 Å². The van der Waals surface area contributed by atoms with Crippen LogP contribution in [0.1, 0.15) is 33.1 Å². The van der Waals surface area contributed by atoms with Crippen LogP contribution in [0.5, 0.6) is 0 Å². The van der Waals surface area contributed by atoms with Gasteiger partial charge in [-0.25, -0.2) is 0 Å². The second kappa shape index (κ2) is 4.36. The molecule has 1 aliphatic rings. The SMILES string of the molecule is CC1CC(CCCO)SC1C. The molecule has 0 spiro atoms. The van der Waals surface area contributed by atoms with Gasteiger partial charge in [-0.15, -0.1) is 0 Å². The molecule has 1 rings (SSSR count). The van der Waals surface area contributed by atoms with Crippen molar-refractivity contribution in [1.29, 1.82) is 0 Å². The molecule has 3 atom stereocenters. The van der Waals surface area contributed by atoms with Crippen molar-refractivity contribution in [3.8, 4) is 0 Å². The lowest BCUT2D eigenvalue weighted by atomic mass is 10.0. The van der Waals surface area contributed by atoms with E-state index < -0.39 is 0 Å². The summed E-state index contributed by atoms with van der Waals surface area (Å²) in [5, 5.41) is 10.3. The van der Waals surface area contributed by atoms with Gasteiger partial charge in [-0.3, -0.25) is 0 Å². The van der Waals surface area contributed by atoms with Gasteiger partial charge in [0, 0.05) is 17.1 Å². The Morgan fingerprint density at radius 2 is 2.18 bits per heavy atom. The van der Waals surface area contributed by atoms with Crippen LogP contribution in [0.25, 0.3) is 0 Å². The Labute approximate surface area is 73.6 Å². The number of aliphatic hydroxyl groups excluding tert-OH is 1. The van der Waals surface area contributed by atoms with Crippen LogP contribution in [0.3, 0.4) is 0 Å². The van der Waals surface area contributed by atoms with Gasteiger partial charge in [0.05, 0.1) is 0 Å².